The summed E-state index contributed by atoms with van der Waals surface area (Å²) in [6, 6.07) is 12.6. The van der Waals surface area contributed by atoms with Gasteiger partial charge in [-0.05, 0) is 59.8 Å². The molecule has 1 N–H and O–H groups in total. The second kappa shape index (κ2) is 9.92. The Balaban J connectivity index is 1.34. The number of nitrogens with zero attached hydrogens (tertiary/aromatic N) is 3. The van der Waals surface area contributed by atoms with Gasteiger partial charge in [-0.3, -0.25) is 10.1 Å². The maximum absolute atomic E-state index is 12.6. The first-order chi connectivity index (χ1) is 15.4. The van der Waals surface area contributed by atoms with Gasteiger partial charge in [-0.15, -0.1) is 16.4 Å². The van der Waals surface area contributed by atoms with Crippen LogP contribution in [0.25, 0.3) is 0 Å². The molecule has 2 aromatic carbocycles. The monoisotopic (exact) mass is 506 g/mol. The normalized spacial score (nSPS) is 10.9. The smallest absolute Gasteiger partial charge is 0.268 e. The topological polar surface area (TPSA) is 69.0 Å². The average molecular weight is 508 g/mol. The number of benzene rings is 2. The fraction of sp³-hybridized carbons (Fsp3) is 0.136. The number of hydrogen-bond acceptors (Lipinski definition) is 5. The maximum atomic E-state index is 12.6. The van der Waals surface area contributed by atoms with Gasteiger partial charge in [0.05, 0.1) is 21.5 Å². The molecule has 0 fully saturated rings. The Labute approximate surface area is 203 Å². The molecular formula is C22H17Cl3N4O2S. The average Bonchev–Trinajstić information content (AvgIpc) is 3.40. The van der Waals surface area contributed by atoms with Crippen molar-refractivity contribution < 1.29 is 9.53 Å². The first-order valence-corrected chi connectivity index (χ1v) is 11.5. The molecule has 0 aliphatic heterocycles. The number of nitrogens with one attached hydrogen (secondary N) is 1. The highest BCUT2D eigenvalue weighted by Gasteiger charge is 2.13. The lowest BCUT2D eigenvalue weighted by Crippen LogP contribution is -2.12. The van der Waals surface area contributed by atoms with Crippen LogP contribution in [-0.4, -0.2) is 20.7 Å². The summed E-state index contributed by atoms with van der Waals surface area (Å²) in [7, 11) is 0. The lowest BCUT2D eigenvalue weighted by Gasteiger charge is -2.08. The lowest BCUT2D eigenvalue weighted by atomic mass is 10.2. The molecule has 0 spiro atoms. The summed E-state index contributed by atoms with van der Waals surface area (Å²) in [6.45, 7) is 2.73. The van der Waals surface area contributed by atoms with Gasteiger partial charge in [-0.25, -0.2) is 9.67 Å². The maximum Gasteiger partial charge on any atom is 0.268 e. The van der Waals surface area contributed by atoms with Crippen molar-refractivity contribution in [3.05, 3.63) is 90.8 Å². The predicted molar refractivity (Wildman–Crippen MR) is 128 cm³/mol. The molecule has 0 unspecified atom stereocenters. The third-order valence-electron chi connectivity index (χ3n) is 4.50. The lowest BCUT2D eigenvalue weighted by molar-refractivity contribution is 0.102. The number of halogens is 3. The van der Waals surface area contributed by atoms with Gasteiger partial charge in [0.1, 0.15) is 18.7 Å². The van der Waals surface area contributed by atoms with Crippen molar-refractivity contribution in [1.29, 1.82) is 0 Å². The van der Waals surface area contributed by atoms with Crippen molar-refractivity contribution in [2.75, 3.05) is 5.32 Å². The van der Waals surface area contributed by atoms with Crippen molar-refractivity contribution in [2.24, 2.45) is 0 Å². The third-order valence-corrected chi connectivity index (χ3v) is 6.45. The molecule has 2 aromatic heterocycles. The van der Waals surface area contributed by atoms with Crippen LogP contribution in [-0.2, 0) is 13.2 Å². The van der Waals surface area contributed by atoms with Crippen LogP contribution in [0, 0.1) is 6.92 Å². The van der Waals surface area contributed by atoms with Crippen molar-refractivity contribution in [3.63, 3.8) is 0 Å². The third kappa shape index (κ3) is 5.61. The largest absolute Gasteiger partial charge is 0.489 e. The Morgan fingerprint density at radius 1 is 1.09 bits per heavy atom. The van der Waals surface area contributed by atoms with Gasteiger partial charge in [0.15, 0.2) is 0 Å². The van der Waals surface area contributed by atoms with Crippen LogP contribution in [0.4, 0.5) is 5.95 Å². The van der Waals surface area contributed by atoms with E-state index in [1.54, 1.807) is 35.3 Å². The number of amides is 1. The highest BCUT2D eigenvalue weighted by Crippen LogP contribution is 2.25. The van der Waals surface area contributed by atoms with E-state index in [-0.39, 0.29) is 11.9 Å². The van der Waals surface area contributed by atoms with E-state index in [1.807, 2.05) is 30.5 Å². The second-order valence-electron chi connectivity index (χ2n) is 6.99. The fourth-order valence-corrected chi connectivity index (χ4v) is 4.26. The van der Waals surface area contributed by atoms with E-state index in [9.17, 15) is 4.79 Å². The van der Waals surface area contributed by atoms with E-state index in [0.29, 0.717) is 33.1 Å². The Bertz CT molecular complexity index is 1270. The summed E-state index contributed by atoms with van der Waals surface area (Å²) < 4.78 is 7.44. The Morgan fingerprint density at radius 2 is 1.94 bits per heavy atom. The quantitative estimate of drug-likeness (QED) is 0.310. The number of carbonyl (C=O) groups is 1. The van der Waals surface area contributed by atoms with Crippen LogP contribution >= 0.6 is 46.1 Å². The van der Waals surface area contributed by atoms with Gasteiger partial charge in [-0.2, -0.15) is 0 Å². The van der Waals surface area contributed by atoms with E-state index in [4.69, 9.17) is 39.5 Å². The molecule has 1 amide bonds. The van der Waals surface area contributed by atoms with Crippen LogP contribution in [0.2, 0.25) is 15.1 Å². The van der Waals surface area contributed by atoms with Crippen molar-refractivity contribution in [2.45, 2.75) is 20.1 Å². The molecule has 0 atom stereocenters. The van der Waals surface area contributed by atoms with Gasteiger partial charge in [0.25, 0.3) is 5.91 Å². The molecule has 0 saturated heterocycles. The predicted octanol–water partition coefficient (Wildman–Crippen LogP) is 6.49. The molecule has 164 valence electrons. The zero-order chi connectivity index (χ0) is 22.7. The first kappa shape index (κ1) is 22.6. The van der Waals surface area contributed by atoms with E-state index in [1.165, 1.54) is 11.3 Å². The van der Waals surface area contributed by atoms with Gasteiger partial charge in [-0.1, -0.05) is 40.9 Å². The van der Waals surface area contributed by atoms with E-state index in [2.05, 4.69) is 15.4 Å². The zero-order valence-electron chi connectivity index (χ0n) is 16.8. The minimum atomic E-state index is -0.281. The number of thiophene rings is 1. The van der Waals surface area contributed by atoms with Gasteiger partial charge in [0, 0.05) is 10.6 Å². The van der Waals surface area contributed by atoms with Crippen LogP contribution in [0.15, 0.2) is 54.2 Å². The zero-order valence-corrected chi connectivity index (χ0v) is 19.9. The number of aromatic nitrogens is 3. The molecule has 6 nitrogen and oxygen atoms in total. The Kier molecular flexibility index (Phi) is 7.01. The van der Waals surface area contributed by atoms with Crippen LogP contribution in [0.5, 0.6) is 5.75 Å². The highest BCUT2D eigenvalue weighted by molar-refractivity contribution is 7.12. The van der Waals surface area contributed by atoms with Crippen molar-refractivity contribution in [3.8, 4) is 5.75 Å². The Morgan fingerprint density at radius 3 is 2.72 bits per heavy atom. The Hall–Kier alpha value is -2.58. The van der Waals surface area contributed by atoms with Crippen molar-refractivity contribution in [1.82, 2.24) is 14.8 Å². The SMILES string of the molecule is Cc1cc(Cl)ccc1OCc1csc(C(=O)Nc2ncn(Cc3ccc(Cl)c(Cl)c3)n2)c1. The minimum Gasteiger partial charge on any atom is -0.489 e. The number of rotatable bonds is 7. The number of aryl methyl sites for hydroxylation is 1. The van der Waals surface area contributed by atoms with Gasteiger partial charge < -0.3 is 4.74 Å². The molecule has 0 bridgehead atoms. The van der Waals surface area contributed by atoms with E-state index < -0.39 is 0 Å². The molecule has 0 saturated carbocycles. The fourth-order valence-electron chi connectivity index (χ4n) is 2.92. The first-order valence-electron chi connectivity index (χ1n) is 9.48. The molecule has 4 aromatic rings. The van der Waals surface area contributed by atoms with Crippen molar-refractivity contribution >= 4 is 58.0 Å². The molecular weight excluding hydrogens is 491 g/mol. The molecule has 10 heteroatoms. The molecule has 0 aliphatic rings. The standard InChI is InChI=1S/C22H17Cl3N4O2S/c1-13-6-16(23)3-5-19(13)31-10-15-8-20(32-11-15)21(30)27-22-26-12-29(28-22)9-14-2-4-17(24)18(25)7-14/h2-8,11-12H,9-10H2,1H3,(H,27,28,30). The summed E-state index contributed by atoms with van der Waals surface area (Å²) in [5.41, 5.74) is 2.77. The van der Waals surface area contributed by atoms with Crippen LogP contribution < -0.4 is 10.1 Å². The summed E-state index contributed by atoms with van der Waals surface area (Å²) in [4.78, 5) is 17.3. The highest BCUT2D eigenvalue weighted by atomic mass is 35.5. The number of hydrogen-bond donors (Lipinski definition) is 1. The van der Waals surface area contributed by atoms with Crippen LogP contribution in [0.3, 0.4) is 0 Å². The van der Waals surface area contributed by atoms with E-state index in [0.717, 1.165) is 22.4 Å². The molecule has 0 aliphatic carbocycles. The second-order valence-corrected chi connectivity index (χ2v) is 9.15. The van der Waals surface area contributed by atoms with E-state index >= 15 is 0 Å². The number of anilines is 1. The molecule has 4 rings (SSSR count). The molecule has 32 heavy (non-hydrogen) atoms. The number of carbonyl (C=O) groups excluding carboxylic acids is 1. The molecule has 0 radical (unpaired) electrons. The summed E-state index contributed by atoms with van der Waals surface area (Å²) in [5.74, 6) is 0.692. The van der Waals surface area contributed by atoms with Crippen LogP contribution in [0.1, 0.15) is 26.4 Å². The summed E-state index contributed by atoms with van der Waals surface area (Å²) >= 11 is 19.3. The molecule has 2 heterocycles. The summed E-state index contributed by atoms with van der Waals surface area (Å²) in [6.07, 6.45) is 1.54. The van der Waals surface area contributed by atoms with Gasteiger partial charge in [0.2, 0.25) is 5.95 Å². The summed E-state index contributed by atoms with van der Waals surface area (Å²) in [5, 5.41) is 10.5. The minimum absolute atomic E-state index is 0.220. The number of ether oxygens (including phenoxy) is 1. The van der Waals surface area contributed by atoms with Gasteiger partial charge >= 0.3 is 0 Å².